The zero-order chi connectivity index (χ0) is 22.2. The van der Waals surface area contributed by atoms with Crippen LogP contribution in [0.25, 0.3) is 0 Å². The van der Waals surface area contributed by atoms with Crippen molar-refractivity contribution in [3.8, 4) is 0 Å². The lowest BCUT2D eigenvalue weighted by molar-refractivity contribution is -0.166. The van der Waals surface area contributed by atoms with E-state index in [1.165, 1.54) is 12.8 Å². The third-order valence-electron chi connectivity index (χ3n) is 7.64. The van der Waals surface area contributed by atoms with Crippen LogP contribution in [-0.4, -0.2) is 82.5 Å². The number of fused-ring (bicyclic) bond motifs is 1. The number of rotatable bonds is 3. The van der Waals surface area contributed by atoms with Crippen molar-refractivity contribution in [3.63, 3.8) is 0 Å². The molecule has 3 saturated heterocycles. The maximum absolute atomic E-state index is 12.6. The maximum Gasteiger partial charge on any atom is 0.528 e. The van der Waals surface area contributed by atoms with Crippen molar-refractivity contribution in [1.82, 2.24) is 20.2 Å². The predicted octanol–water partition coefficient (Wildman–Crippen LogP) is 3.51. The fraction of sp³-hybridized carbons (Fsp3) is 0.913. The van der Waals surface area contributed by atoms with Gasteiger partial charge in [0.15, 0.2) is 0 Å². The van der Waals surface area contributed by atoms with Gasteiger partial charge in [0, 0.05) is 37.8 Å². The number of piperidine rings is 2. The van der Waals surface area contributed by atoms with Gasteiger partial charge in [-0.3, -0.25) is 4.90 Å². The lowest BCUT2D eigenvalue weighted by Crippen LogP contribution is -2.58. The fourth-order valence-corrected chi connectivity index (χ4v) is 5.87. The van der Waals surface area contributed by atoms with Crippen molar-refractivity contribution in [3.05, 3.63) is 0 Å². The molecule has 1 saturated carbocycles. The summed E-state index contributed by atoms with van der Waals surface area (Å²) in [4.78, 5) is 34.8. The van der Waals surface area contributed by atoms with Crippen molar-refractivity contribution in [2.24, 2.45) is 0 Å². The Morgan fingerprint density at radius 1 is 1.03 bits per heavy atom. The topological polar surface area (TPSA) is 74.4 Å². The summed E-state index contributed by atoms with van der Waals surface area (Å²) in [6.07, 6.45) is 8.13. The minimum atomic E-state index is -0.623. The van der Waals surface area contributed by atoms with Crippen LogP contribution in [0.3, 0.4) is 0 Å². The van der Waals surface area contributed by atoms with E-state index < -0.39 is 11.8 Å². The first-order valence-electron chi connectivity index (χ1n) is 12.1. The number of carbonyl (C=O) groups is 2. The number of nitrogens with one attached hydrogen (secondary N) is 1. The molecule has 4 rings (SSSR count). The molecule has 3 heterocycles. The first kappa shape index (κ1) is 22.6. The predicted molar refractivity (Wildman–Crippen MR) is 118 cm³/mol. The highest BCUT2D eigenvalue weighted by atomic mass is 16.8. The summed E-state index contributed by atoms with van der Waals surface area (Å²) in [6, 6.07) is 1.30. The smallest absolute Gasteiger partial charge is 0.427 e. The molecule has 0 bridgehead atoms. The van der Waals surface area contributed by atoms with Gasteiger partial charge < -0.3 is 19.8 Å². The van der Waals surface area contributed by atoms with Gasteiger partial charge >= 0.3 is 12.2 Å². The molecule has 8 heteroatoms. The van der Waals surface area contributed by atoms with Gasteiger partial charge in [-0.15, -0.1) is 5.06 Å². The Morgan fingerprint density at radius 3 is 2.32 bits per heavy atom. The normalized spacial score (nSPS) is 30.6. The number of hydroxylamine groups is 2. The van der Waals surface area contributed by atoms with Crippen LogP contribution in [0.15, 0.2) is 0 Å². The third kappa shape index (κ3) is 5.11. The van der Waals surface area contributed by atoms with E-state index in [9.17, 15) is 9.59 Å². The van der Waals surface area contributed by atoms with Gasteiger partial charge in [0.05, 0.1) is 12.1 Å². The molecule has 31 heavy (non-hydrogen) atoms. The molecule has 0 aromatic rings. The number of nitrogens with zero attached hydrogens (tertiary/aromatic N) is 3. The molecular weight excluding hydrogens is 396 g/mol. The highest BCUT2D eigenvalue weighted by Crippen LogP contribution is 2.35. The summed E-state index contributed by atoms with van der Waals surface area (Å²) in [5, 5.41) is 4.97. The van der Waals surface area contributed by atoms with E-state index in [2.05, 4.69) is 22.0 Å². The minimum Gasteiger partial charge on any atom is -0.427 e. The number of hydrogen-bond donors (Lipinski definition) is 1. The van der Waals surface area contributed by atoms with Gasteiger partial charge in [0.1, 0.15) is 5.60 Å². The van der Waals surface area contributed by atoms with Gasteiger partial charge in [-0.05, 0) is 66.2 Å². The van der Waals surface area contributed by atoms with E-state index in [4.69, 9.17) is 9.57 Å². The van der Waals surface area contributed by atoms with Crippen LogP contribution in [0.2, 0.25) is 0 Å². The molecule has 2 atom stereocenters. The van der Waals surface area contributed by atoms with E-state index in [1.807, 2.05) is 20.8 Å². The first-order chi connectivity index (χ1) is 14.6. The summed E-state index contributed by atoms with van der Waals surface area (Å²) in [5.41, 5.74) is -0.435. The van der Waals surface area contributed by atoms with Crippen LogP contribution in [0, 0.1) is 0 Å². The second-order valence-electron chi connectivity index (χ2n) is 11.0. The number of ether oxygens (including phenoxy) is 1. The molecule has 3 aliphatic heterocycles. The SMILES string of the molecule is CC(C)(C)OC(=O)ON1CCC(C)(N2CCC(N3C(=O)N[C@H]4CCCC[C@@H]43)CC2)CC1. The molecule has 1 aliphatic carbocycles. The number of likely N-dealkylation sites (tertiary alicyclic amines) is 1. The summed E-state index contributed by atoms with van der Waals surface area (Å²) < 4.78 is 5.27. The molecule has 8 nitrogen and oxygen atoms in total. The Balaban J connectivity index is 1.26. The number of amides is 2. The van der Waals surface area contributed by atoms with E-state index in [1.54, 1.807) is 5.06 Å². The average Bonchev–Trinajstić information content (AvgIpc) is 3.04. The quantitative estimate of drug-likeness (QED) is 0.683. The van der Waals surface area contributed by atoms with E-state index in [0.29, 0.717) is 31.2 Å². The summed E-state index contributed by atoms with van der Waals surface area (Å²) in [6.45, 7) is 11.3. The van der Waals surface area contributed by atoms with Crippen molar-refractivity contribution < 1.29 is 19.2 Å². The van der Waals surface area contributed by atoms with Gasteiger partial charge in [-0.25, -0.2) is 9.59 Å². The fourth-order valence-electron chi connectivity index (χ4n) is 5.87. The standard InChI is InChI=1S/C23H40N4O4/c1-22(2,3)30-21(29)31-26-15-11-23(4,12-16-26)25-13-9-17(10-14-25)27-19-8-6-5-7-18(19)24-20(27)28/h17-19H,5-16H2,1-4H3,(H,24,28)/t18-,19-/m0/s1. The van der Waals surface area contributed by atoms with Crippen molar-refractivity contribution in [2.45, 2.75) is 108 Å². The summed E-state index contributed by atoms with van der Waals surface area (Å²) in [7, 11) is 0. The Hall–Kier alpha value is -1.54. The highest BCUT2D eigenvalue weighted by Gasteiger charge is 2.46. The molecule has 2 amide bonds. The summed E-state index contributed by atoms with van der Waals surface area (Å²) in [5.74, 6) is 0. The Bertz CT molecular complexity index is 663. The lowest BCUT2D eigenvalue weighted by Gasteiger charge is -2.50. The lowest BCUT2D eigenvalue weighted by atomic mass is 9.85. The maximum atomic E-state index is 12.6. The van der Waals surface area contributed by atoms with E-state index in [-0.39, 0.29) is 11.6 Å². The van der Waals surface area contributed by atoms with Gasteiger partial charge in [0.2, 0.25) is 0 Å². The van der Waals surface area contributed by atoms with Crippen LogP contribution in [0.4, 0.5) is 9.59 Å². The van der Waals surface area contributed by atoms with Crippen molar-refractivity contribution in [1.29, 1.82) is 0 Å². The molecule has 0 spiro atoms. The van der Waals surface area contributed by atoms with Crippen LogP contribution < -0.4 is 5.32 Å². The second-order valence-corrected chi connectivity index (χ2v) is 11.0. The molecule has 4 aliphatic rings. The molecule has 0 aromatic heterocycles. The molecule has 0 radical (unpaired) electrons. The van der Waals surface area contributed by atoms with Crippen LogP contribution >= 0.6 is 0 Å². The van der Waals surface area contributed by atoms with Gasteiger partial charge in [-0.1, -0.05) is 12.8 Å². The van der Waals surface area contributed by atoms with E-state index in [0.717, 1.165) is 51.6 Å². The largest absolute Gasteiger partial charge is 0.528 e. The zero-order valence-electron chi connectivity index (χ0n) is 19.7. The summed E-state index contributed by atoms with van der Waals surface area (Å²) >= 11 is 0. The van der Waals surface area contributed by atoms with Crippen LogP contribution in [0.5, 0.6) is 0 Å². The minimum absolute atomic E-state index is 0.111. The molecular formula is C23H40N4O4. The molecule has 0 aromatic carbocycles. The van der Waals surface area contributed by atoms with Crippen molar-refractivity contribution >= 4 is 12.2 Å². The second kappa shape index (κ2) is 8.77. The zero-order valence-corrected chi connectivity index (χ0v) is 19.7. The number of carbonyl (C=O) groups excluding carboxylic acids is 2. The highest BCUT2D eigenvalue weighted by molar-refractivity contribution is 5.78. The molecule has 0 unspecified atom stereocenters. The Labute approximate surface area is 186 Å². The molecule has 4 fully saturated rings. The van der Waals surface area contributed by atoms with Crippen LogP contribution in [0.1, 0.15) is 79.1 Å². The van der Waals surface area contributed by atoms with Gasteiger partial charge in [-0.2, -0.15) is 0 Å². The van der Waals surface area contributed by atoms with Gasteiger partial charge in [0.25, 0.3) is 0 Å². The average molecular weight is 437 g/mol. The Morgan fingerprint density at radius 2 is 1.68 bits per heavy atom. The van der Waals surface area contributed by atoms with Crippen molar-refractivity contribution in [2.75, 3.05) is 26.2 Å². The van der Waals surface area contributed by atoms with Crippen LogP contribution in [-0.2, 0) is 9.57 Å². The monoisotopic (exact) mass is 436 g/mol. The molecule has 1 N–H and O–H groups in total. The number of urea groups is 1. The molecule has 176 valence electrons. The first-order valence-corrected chi connectivity index (χ1v) is 12.1. The third-order valence-corrected chi connectivity index (χ3v) is 7.64. The number of hydrogen-bond acceptors (Lipinski definition) is 6. The van der Waals surface area contributed by atoms with E-state index >= 15 is 0 Å². The Kier molecular flexibility index (Phi) is 6.41.